The zero-order chi connectivity index (χ0) is 11.9. The summed E-state index contributed by atoms with van der Waals surface area (Å²) in [7, 11) is 1.36. The summed E-state index contributed by atoms with van der Waals surface area (Å²) >= 11 is 0. The number of nitrogens with two attached hydrogens (primary N) is 1. The molecule has 7 heteroatoms. The lowest BCUT2D eigenvalue weighted by Gasteiger charge is -2.32. The van der Waals surface area contributed by atoms with Crippen molar-refractivity contribution < 1.29 is 18.3 Å². The summed E-state index contributed by atoms with van der Waals surface area (Å²) in [6.07, 6.45) is -2.37. The topological polar surface area (TPSA) is 64.1 Å². The smallest absolute Gasteiger partial charge is 0.373 e. The molecule has 86 valence electrons. The molecule has 0 saturated carbocycles. The van der Waals surface area contributed by atoms with Crippen LogP contribution in [0.4, 0.5) is 13.2 Å². The molecule has 0 bridgehead atoms. The van der Waals surface area contributed by atoms with E-state index in [0.717, 1.165) is 11.5 Å². The minimum Gasteiger partial charge on any atom is -0.373 e. The van der Waals surface area contributed by atoms with Crippen molar-refractivity contribution >= 4 is 0 Å². The van der Waals surface area contributed by atoms with Crippen LogP contribution < -0.4 is 5.73 Å². The van der Waals surface area contributed by atoms with E-state index >= 15 is 0 Å². The third kappa shape index (κ3) is 1.72. The molecule has 0 aliphatic carbocycles. The molecule has 0 aliphatic rings. The normalized spacial score (nSPS) is 18.6. The molecule has 0 amide bonds. The molecular weight excluding hydrogens is 211 g/mol. The highest BCUT2D eigenvalue weighted by molar-refractivity contribution is 5.11. The monoisotopic (exact) mass is 223 g/mol. The maximum absolute atomic E-state index is 12.7. The summed E-state index contributed by atoms with van der Waals surface area (Å²) < 4.78 is 39.2. The molecule has 1 rings (SSSR count). The SMILES string of the molecule is CC(N)C(O)(c1nccn1C)C(F)(F)F. The average Bonchev–Trinajstić information content (AvgIpc) is 2.47. The molecule has 0 spiro atoms. The number of hydrogen-bond acceptors (Lipinski definition) is 3. The van der Waals surface area contributed by atoms with Gasteiger partial charge in [-0.3, -0.25) is 0 Å². The van der Waals surface area contributed by atoms with Gasteiger partial charge in [-0.1, -0.05) is 0 Å². The lowest BCUT2D eigenvalue weighted by molar-refractivity contribution is -0.276. The Morgan fingerprint density at radius 2 is 2.07 bits per heavy atom. The van der Waals surface area contributed by atoms with Crippen molar-refractivity contribution in [1.29, 1.82) is 0 Å². The number of aliphatic hydroxyl groups is 1. The van der Waals surface area contributed by atoms with Crippen molar-refractivity contribution in [3.05, 3.63) is 18.2 Å². The molecule has 0 aliphatic heterocycles. The number of aromatic nitrogens is 2. The highest BCUT2D eigenvalue weighted by Gasteiger charge is 2.60. The number of hydrogen-bond donors (Lipinski definition) is 2. The van der Waals surface area contributed by atoms with Gasteiger partial charge in [-0.2, -0.15) is 13.2 Å². The Kier molecular flexibility index (Phi) is 2.79. The number of nitrogens with zero attached hydrogens (tertiary/aromatic N) is 2. The maximum Gasteiger partial charge on any atom is 0.426 e. The van der Waals surface area contributed by atoms with Gasteiger partial charge in [0.05, 0.1) is 0 Å². The van der Waals surface area contributed by atoms with Gasteiger partial charge in [-0.15, -0.1) is 0 Å². The van der Waals surface area contributed by atoms with E-state index in [4.69, 9.17) is 5.73 Å². The van der Waals surface area contributed by atoms with E-state index in [2.05, 4.69) is 4.98 Å². The fourth-order valence-electron chi connectivity index (χ4n) is 1.32. The van der Waals surface area contributed by atoms with Crippen LogP contribution in [-0.4, -0.2) is 26.9 Å². The molecule has 2 atom stereocenters. The van der Waals surface area contributed by atoms with Gasteiger partial charge in [0.15, 0.2) is 5.82 Å². The standard InChI is InChI=1S/C8H12F3N3O/c1-5(12)7(15,8(9,10)11)6-13-3-4-14(6)2/h3-5,15H,12H2,1-2H3. The molecule has 0 radical (unpaired) electrons. The van der Waals surface area contributed by atoms with Crippen LogP contribution >= 0.6 is 0 Å². The van der Waals surface area contributed by atoms with Gasteiger partial charge in [-0.05, 0) is 6.92 Å². The molecule has 1 aromatic rings. The fourth-order valence-corrected chi connectivity index (χ4v) is 1.32. The lowest BCUT2D eigenvalue weighted by Crippen LogP contribution is -2.55. The number of alkyl halides is 3. The summed E-state index contributed by atoms with van der Waals surface area (Å²) in [6.45, 7) is 1.09. The zero-order valence-electron chi connectivity index (χ0n) is 8.28. The number of aryl methyl sites for hydroxylation is 1. The van der Waals surface area contributed by atoms with E-state index in [-0.39, 0.29) is 0 Å². The van der Waals surface area contributed by atoms with Gasteiger partial charge in [0.25, 0.3) is 0 Å². The molecule has 15 heavy (non-hydrogen) atoms. The molecule has 1 aromatic heterocycles. The predicted octanol–water partition coefficient (Wildman–Crippen LogP) is 0.517. The number of halogens is 3. The number of imidazole rings is 1. The summed E-state index contributed by atoms with van der Waals surface area (Å²) in [6, 6.07) is -1.50. The Morgan fingerprint density at radius 3 is 2.33 bits per heavy atom. The molecule has 0 saturated heterocycles. The summed E-state index contributed by atoms with van der Waals surface area (Å²) in [5.41, 5.74) is 2.07. The van der Waals surface area contributed by atoms with Gasteiger partial charge >= 0.3 is 6.18 Å². The molecule has 0 aromatic carbocycles. The van der Waals surface area contributed by atoms with Crippen molar-refractivity contribution in [2.75, 3.05) is 0 Å². The quantitative estimate of drug-likeness (QED) is 0.768. The van der Waals surface area contributed by atoms with E-state index in [9.17, 15) is 18.3 Å². The van der Waals surface area contributed by atoms with Crippen LogP contribution in [0.25, 0.3) is 0 Å². The second-order valence-electron chi connectivity index (χ2n) is 3.41. The Balaban J connectivity index is 3.32. The predicted molar refractivity (Wildman–Crippen MR) is 46.8 cm³/mol. The highest BCUT2D eigenvalue weighted by Crippen LogP contribution is 2.39. The molecule has 4 nitrogen and oxygen atoms in total. The number of rotatable bonds is 2. The first-order valence-electron chi connectivity index (χ1n) is 4.23. The van der Waals surface area contributed by atoms with E-state index in [1.165, 1.54) is 19.4 Å². The van der Waals surface area contributed by atoms with E-state index in [1.807, 2.05) is 0 Å². The van der Waals surface area contributed by atoms with Crippen molar-refractivity contribution in [2.45, 2.75) is 24.7 Å². The van der Waals surface area contributed by atoms with Gasteiger partial charge in [0, 0.05) is 25.5 Å². The van der Waals surface area contributed by atoms with Crippen molar-refractivity contribution in [1.82, 2.24) is 9.55 Å². The minimum atomic E-state index is -4.86. The second kappa shape index (κ2) is 3.49. The van der Waals surface area contributed by atoms with Gasteiger partial charge in [0.1, 0.15) is 0 Å². The van der Waals surface area contributed by atoms with Crippen LogP contribution in [0.1, 0.15) is 12.7 Å². The first kappa shape index (κ1) is 12.0. The minimum absolute atomic E-state index is 0.509. The van der Waals surface area contributed by atoms with E-state index < -0.39 is 23.6 Å². The molecular formula is C8H12F3N3O. The van der Waals surface area contributed by atoms with Crippen LogP contribution in [0.3, 0.4) is 0 Å². The van der Waals surface area contributed by atoms with E-state index in [1.54, 1.807) is 0 Å². The van der Waals surface area contributed by atoms with Gasteiger partial charge < -0.3 is 15.4 Å². The fraction of sp³-hybridized carbons (Fsp3) is 0.625. The molecule has 0 fully saturated rings. The Morgan fingerprint density at radius 1 is 1.53 bits per heavy atom. The van der Waals surface area contributed by atoms with Crippen molar-refractivity contribution in [3.8, 4) is 0 Å². The summed E-state index contributed by atoms with van der Waals surface area (Å²) in [5.74, 6) is -0.509. The third-order valence-corrected chi connectivity index (χ3v) is 2.25. The zero-order valence-corrected chi connectivity index (χ0v) is 8.28. The van der Waals surface area contributed by atoms with E-state index in [0.29, 0.717) is 0 Å². The molecule has 2 unspecified atom stereocenters. The molecule has 3 N–H and O–H groups in total. The van der Waals surface area contributed by atoms with Crippen molar-refractivity contribution in [2.24, 2.45) is 12.8 Å². The average molecular weight is 223 g/mol. The Bertz CT molecular complexity index is 347. The first-order chi connectivity index (χ1) is 6.71. The van der Waals surface area contributed by atoms with Gasteiger partial charge in [0.2, 0.25) is 5.60 Å². The van der Waals surface area contributed by atoms with Crippen LogP contribution in [0.5, 0.6) is 0 Å². The maximum atomic E-state index is 12.7. The van der Waals surface area contributed by atoms with Gasteiger partial charge in [-0.25, -0.2) is 4.98 Å². The Labute approximate surface area is 84.5 Å². The summed E-state index contributed by atoms with van der Waals surface area (Å²) in [5, 5.41) is 9.63. The first-order valence-corrected chi connectivity index (χ1v) is 4.23. The molecule has 1 heterocycles. The van der Waals surface area contributed by atoms with Crippen LogP contribution in [-0.2, 0) is 12.6 Å². The Hall–Kier alpha value is -1.08. The van der Waals surface area contributed by atoms with Crippen LogP contribution in [0.2, 0.25) is 0 Å². The lowest BCUT2D eigenvalue weighted by atomic mass is 9.94. The highest BCUT2D eigenvalue weighted by atomic mass is 19.4. The third-order valence-electron chi connectivity index (χ3n) is 2.25. The largest absolute Gasteiger partial charge is 0.426 e. The summed E-state index contributed by atoms with van der Waals surface area (Å²) in [4.78, 5) is 3.49. The van der Waals surface area contributed by atoms with Crippen molar-refractivity contribution in [3.63, 3.8) is 0 Å². The van der Waals surface area contributed by atoms with Crippen LogP contribution in [0.15, 0.2) is 12.4 Å². The second-order valence-corrected chi connectivity index (χ2v) is 3.41. The van der Waals surface area contributed by atoms with Crippen LogP contribution in [0, 0.1) is 0 Å².